The molecule has 0 radical (unpaired) electrons. The first kappa shape index (κ1) is 13.6. The lowest BCUT2D eigenvalue weighted by molar-refractivity contribution is 0.627. The molecule has 0 atom stereocenters. The topological polar surface area (TPSA) is 34.1 Å². The van der Waals surface area contributed by atoms with Crippen molar-refractivity contribution in [2.24, 2.45) is 0 Å². The van der Waals surface area contributed by atoms with Crippen LogP contribution in [0.3, 0.4) is 0 Å². The molecule has 1 aliphatic rings. The van der Waals surface area contributed by atoms with E-state index in [4.69, 9.17) is 0 Å². The van der Waals surface area contributed by atoms with E-state index in [0.717, 1.165) is 0 Å². The molecule has 0 fully saturated rings. The molecule has 0 unspecified atom stereocenters. The highest BCUT2D eigenvalue weighted by atomic mass is 80.0. The fourth-order valence-electron chi connectivity index (χ4n) is 0.617. The molecule has 0 amide bonds. The van der Waals surface area contributed by atoms with Gasteiger partial charge in [0.1, 0.15) is 2.65 Å². The van der Waals surface area contributed by atoms with E-state index in [1.54, 1.807) is 12.2 Å². The highest BCUT2D eigenvalue weighted by molar-refractivity contribution is 9.38. The van der Waals surface area contributed by atoms with Crippen LogP contribution >= 0.6 is 47.8 Å². The number of hydrogen-bond donors (Lipinski definition) is 0. The van der Waals surface area contributed by atoms with Crippen molar-refractivity contribution in [2.45, 2.75) is 9.07 Å². The van der Waals surface area contributed by atoms with E-state index in [1.807, 2.05) is 12.2 Å². The molecule has 0 N–H and O–H groups in total. The molecule has 1 aliphatic carbocycles. The summed E-state index contributed by atoms with van der Waals surface area (Å²) in [6, 6.07) is 0. The Kier molecular flexibility index (Phi) is 8.34. The van der Waals surface area contributed by atoms with Gasteiger partial charge >= 0.3 is 0 Å². The summed E-state index contributed by atoms with van der Waals surface area (Å²) in [5.41, 5.74) is 0. The number of alkyl halides is 3. The summed E-state index contributed by atoms with van der Waals surface area (Å²) in [5, 5.41) is 0. The maximum Gasteiger partial charge on any atom is 0.217 e. The maximum atomic E-state index is 10.2. The van der Waals surface area contributed by atoms with Crippen LogP contribution in [0.15, 0.2) is 24.3 Å². The zero-order chi connectivity index (χ0) is 10.3. The molecule has 0 bridgehead atoms. The average Bonchev–Trinajstić information content (AvgIpc) is 2.05. The molecule has 13 heavy (non-hydrogen) atoms. The van der Waals surface area contributed by atoms with Gasteiger partial charge in [0.15, 0.2) is 0 Å². The van der Waals surface area contributed by atoms with E-state index >= 15 is 0 Å². The molecular formula is C7H7Br3O2S. The van der Waals surface area contributed by atoms with Crippen LogP contribution < -0.4 is 0 Å². The van der Waals surface area contributed by atoms with Gasteiger partial charge in [-0.3, -0.25) is 0 Å². The van der Waals surface area contributed by atoms with Gasteiger partial charge in [0.05, 0.1) is 4.86 Å². The molecule has 1 rings (SSSR count). The second kappa shape index (κ2) is 7.96. The molecule has 0 aromatic rings. The van der Waals surface area contributed by atoms with Crippen molar-refractivity contribution < 1.29 is 8.42 Å². The molecule has 0 spiro atoms. The highest BCUT2D eigenvalue weighted by Gasteiger charge is 1.94. The van der Waals surface area contributed by atoms with Gasteiger partial charge in [-0.2, -0.15) is 8.42 Å². The number of hydrogen-bond acceptors (Lipinski definition) is 2. The molecule has 74 valence electrons. The Morgan fingerprint density at radius 1 is 1.23 bits per heavy atom. The van der Waals surface area contributed by atoms with Gasteiger partial charge in [-0.15, -0.1) is 0 Å². The van der Waals surface area contributed by atoms with Gasteiger partial charge in [-0.1, -0.05) is 66.0 Å². The van der Waals surface area contributed by atoms with Crippen LogP contribution in [-0.4, -0.2) is 15.9 Å². The van der Waals surface area contributed by atoms with Crippen molar-refractivity contribution >= 4 is 62.9 Å². The minimum absolute atomic E-state index is 0.271. The minimum atomic E-state index is -2.02. The summed E-state index contributed by atoms with van der Waals surface area (Å²) in [5.74, 6) is 0. The molecule has 6 heteroatoms. The van der Waals surface area contributed by atoms with Gasteiger partial charge in [0, 0.05) is 6.42 Å². The van der Waals surface area contributed by atoms with E-state index < -0.39 is 10.3 Å². The fourth-order valence-corrected chi connectivity index (χ4v) is 1.04. The van der Waals surface area contributed by atoms with Gasteiger partial charge in [0.25, 0.3) is 0 Å². The van der Waals surface area contributed by atoms with Crippen molar-refractivity contribution in [3.8, 4) is 0 Å². The van der Waals surface area contributed by atoms with Gasteiger partial charge in [0.2, 0.25) is 10.3 Å². The summed E-state index contributed by atoms with van der Waals surface area (Å²) >= 11 is 9.31. The Labute approximate surface area is 104 Å². The second-order valence-electron chi connectivity index (χ2n) is 1.94. The minimum Gasteiger partial charge on any atom is -0.184 e. The third kappa shape index (κ3) is 8.93. The second-order valence-corrected chi connectivity index (χ2v) is 9.37. The summed E-state index contributed by atoms with van der Waals surface area (Å²) in [6.45, 7) is 0. The molecule has 0 aliphatic heterocycles. The van der Waals surface area contributed by atoms with Crippen LogP contribution in [0.2, 0.25) is 0 Å². The summed E-state index contributed by atoms with van der Waals surface area (Å²) in [7, 11) is -2.02. The van der Waals surface area contributed by atoms with Crippen LogP contribution in [-0.2, 0) is 10.3 Å². The molecular weight excluding hydrogens is 388 g/mol. The Morgan fingerprint density at radius 3 is 2.00 bits per heavy atom. The van der Waals surface area contributed by atoms with Gasteiger partial charge in [-0.25, -0.2) is 0 Å². The first-order chi connectivity index (χ1) is 6.04. The Morgan fingerprint density at radius 2 is 1.77 bits per heavy atom. The van der Waals surface area contributed by atoms with E-state index in [1.165, 1.54) is 0 Å². The fraction of sp³-hybridized carbons (Fsp3) is 0.286. The summed E-state index contributed by atoms with van der Waals surface area (Å²) in [6.07, 6.45) is 7.49. The zero-order valence-corrected chi connectivity index (χ0v) is 12.0. The van der Waals surface area contributed by atoms with E-state index in [2.05, 4.69) is 47.8 Å². The Hall–Kier alpha value is 0.610. The summed E-state index contributed by atoms with van der Waals surface area (Å²) in [4.78, 5) is 0.456. The van der Waals surface area contributed by atoms with E-state index in [-0.39, 0.29) is 2.65 Å². The van der Waals surface area contributed by atoms with Crippen LogP contribution in [0.25, 0.3) is 0 Å². The molecule has 0 heterocycles. The van der Waals surface area contributed by atoms with E-state index in [0.29, 0.717) is 11.3 Å². The first-order valence-electron chi connectivity index (χ1n) is 3.24. The van der Waals surface area contributed by atoms with Crippen molar-refractivity contribution in [3.63, 3.8) is 0 Å². The zero-order valence-electron chi connectivity index (χ0n) is 6.45. The van der Waals surface area contributed by atoms with Crippen LogP contribution in [0, 0.1) is 0 Å². The lowest BCUT2D eigenvalue weighted by atomic mass is 10.2. The van der Waals surface area contributed by atoms with Gasteiger partial charge < -0.3 is 0 Å². The number of allylic oxidation sites excluding steroid dienone is 4. The predicted molar refractivity (Wildman–Crippen MR) is 67.4 cm³/mol. The Balaban J connectivity index is 0.000000310. The summed E-state index contributed by atoms with van der Waals surface area (Å²) < 4.78 is 20.7. The molecule has 0 saturated heterocycles. The van der Waals surface area contributed by atoms with Crippen molar-refractivity contribution in [1.29, 1.82) is 0 Å². The standard InChI is InChI=1S/C6H6O2S.CHBr3/c7-9(8)6-4-2-1-3-5-6;2-1(3)4/h1-4H,5H2;1H. The highest BCUT2D eigenvalue weighted by Crippen LogP contribution is 2.13. The predicted octanol–water partition coefficient (Wildman–Crippen LogP) is 3.01. The first-order valence-corrected chi connectivity index (χ1v) is 7.06. The molecule has 0 aromatic heterocycles. The van der Waals surface area contributed by atoms with E-state index in [9.17, 15) is 8.42 Å². The molecule has 2 nitrogen and oxygen atoms in total. The number of rotatable bonds is 0. The van der Waals surface area contributed by atoms with Crippen LogP contribution in [0.1, 0.15) is 6.42 Å². The monoisotopic (exact) mass is 392 g/mol. The van der Waals surface area contributed by atoms with Crippen molar-refractivity contribution in [3.05, 3.63) is 24.3 Å². The van der Waals surface area contributed by atoms with Crippen LogP contribution in [0.4, 0.5) is 0 Å². The van der Waals surface area contributed by atoms with Crippen molar-refractivity contribution in [1.82, 2.24) is 0 Å². The normalized spacial score (nSPS) is 14.0. The third-order valence-electron chi connectivity index (χ3n) is 1.06. The van der Waals surface area contributed by atoms with Crippen molar-refractivity contribution in [2.75, 3.05) is 0 Å². The van der Waals surface area contributed by atoms with Gasteiger partial charge in [-0.05, 0) is 6.08 Å². The lowest BCUT2D eigenvalue weighted by Crippen LogP contribution is -1.94. The third-order valence-corrected chi connectivity index (χ3v) is 1.79. The lowest BCUT2D eigenvalue weighted by Gasteiger charge is -1.91. The van der Waals surface area contributed by atoms with Crippen LogP contribution in [0.5, 0.6) is 0 Å². The number of halogens is 3. The molecule has 0 saturated carbocycles. The Bertz CT molecular complexity index is 317. The maximum absolute atomic E-state index is 10.2. The molecule has 0 aromatic carbocycles. The largest absolute Gasteiger partial charge is 0.217 e. The SMILES string of the molecule is BrC(Br)Br.O=S(=O)=C1C=CC=CC1. The average molecular weight is 395 g/mol. The smallest absolute Gasteiger partial charge is 0.184 e. The quantitative estimate of drug-likeness (QED) is 0.467.